The van der Waals surface area contributed by atoms with Crippen LogP contribution in [-0.4, -0.2) is 82.3 Å². The van der Waals surface area contributed by atoms with Gasteiger partial charge in [0.05, 0.1) is 40.3 Å². The highest BCUT2D eigenvalue weighted by Gasteiger charge is 2.21. The number of carboxylic acid groups (broad SMARTS) is 1. The highest BCUT2D eigenvalue weighted by molar-refractivity contribution is 5.70. The van der Waals surface area contributed by atoms with Crippen molar-refractivity contribution in [2.24, 2.45) is 0 Å². The van der Waals surface area contributed by atoms with Crippen LogP contribution in [-0.2, 0) is 33.3 Å². The molecular formula is C58H93NO8. The number of carbonyl (C=O) groups is 3. The highest BCUT2D eigenvalue weighted by Crippen LogP contribution is 2.12. The number of unbranched alkanes of at least 4 members (excludes halogenated alkanes) is 10. The van der Waals surface area contributed by atoms with Crippen molar-refractivity contribution in [2.45, 2.75) is 180 Å². The molecule has 0 amide bonds. The second kappa shape index (κ2) is 48.2. The van der Waals surface area contributed by atoms with Crippen LogP contribution in [0.3, 0.4) is 0 Å². The molecule has 0 spiro atoms. The van der Waals surface area contributed by atoms with Gasteiger partial charge in [0.1, 0.15) is 13.2 Å². The number of esters is 2. The number of aliphatic carboxylic acids is 1. The van der Waals surface area contributed by atoms with E-state index in [0.717, 1.165) is 135 Å². The molecule has 0 aliphatic rings. The minimum atomic E-state index is -1.63. The summed E-state index contributed by atoms with van der Waals surface area (Å²) in [7, 11) is 5.88. The molecule has 0 aliphatic carbocycles. The third-order valence-corrected chi connectivity index (χ3v) is 10.2. The normalized spacial score (nSPS) is 13.9. The number of likely N-dealkylation sites (N-methyl/N-ethyl adjacent to an activating group) is 1. The number of nitrogens with zero attached hydrogens (tertiary/aromatic N) is 1. The van der Waals surface area contributed by atoms with Crippen LogP contribution in [0.1, 0.15) is 168 Å². The Morgan fingerprint density at radius 1 is 0.463 bits per heavy atom. The van der Waals surface area contributed by atoms with E-state index in [-0.39, 0.29) is 38.6 Å². The third kappa shape index (κ3) is 49.4. The summed E-state index contributed by atoms with van der Waals surface area (Å²) in [6, 6.07) is 0. The van der Waals surface area contributed by atoms with Gasteiger partial charge in [-0.25, -0.2) is 0 Å². The Hall–Kier alpha value is -4.31. The predicted molar refractivity (Wildman–Crippen MR) is 278 cm³/mol. The molecular weight excluding hydrogens is 839 g/mol. The average molecular weight is 932 g/mol. The van der Waals surface area contributed by atoms with Gasteiger partial charge in [-0.05, 0) is 89.9 Å². The van der Waals surface area contributed by atoms with Gasteiger partial charge < -0.3 is 33.3 Å². The number of ether oxygens (including phenoxy) is 4. The van der Waals surface area contributed by atoms with Gasteiger partial charge >= 0.3 is 11.9 Å². The molecule has 2 atom stereocenters. The van der Waals surface area contributed by atoms with Crippen LogP contribution < -0.4 is 5.11 Å². The Morgan fingerprint density at radius 2 is 0.851 bits per heavy atom. The summed E-state index contributed by atoms with van der Waals surface area (Å²) < 4.78 is 22.4. The maximum absolute atomic E-state index is 12.7. The molecule has 9 nitrogen and oxygen atoms in total. The van der Waals surface area contributed by atoms with E-state index in [1.54, 1.807) is 0 Å². The van der Waals surface area contributed by atoms with Crippen molar-refractivity contribution in [1.82, 2.24) is 0 Å². The van der Waals surface area contributed by atoms with E-state index >= 15 is 0 Å². The fourth-order valence-electron chi connectivity index (χ4n) is 6.27. The van der Waals surface area contributed by atoms with E-state index < -0.39 is 24.3 Å². The zero-order valence-corrected chi connectivity index (χ0v) is 42.7. The minimum Gasteiger partial charge on any atom is -0.545 e. The molecule has 0 aliphatic heterocycles. The molecule has 0 fully saturated rings. The molecule has 0 bridgehead atoms. The van der Waals surface area contributed by atoms with Gasteiger partial charge in [0, 0.05) is 12.8 Å². The molecule has 2 unspecified atom stereocenters. The molecule has 0 saturated heterocycles. The van der Waals surface area contributed by atoms with Crippen molar-refractivity contribution in [2.75, 3.05) is 47.5 Å². The molecule has 67 heavy (non-hydrogen) atoms. The van der Waals surface area contributed by atoms with Gasteiger partial charge in [-0.3, -0.25) is 9.59 Å². The summed E-state index contributed by atoms with van der Waals surface area (Å²) in [5.41, 5.74) is 0. The van der Waals surface area contributed by atoms with Gasteiger partial charge in [0.15, 0.2) is 12.4 Å². The summed E-state index contributed by atoms with van der Waals surface area (Å²) in [5.74, 6) is -2.34. The van der Waals surface area contributed by atoms with Gasteiger partial charge in [0.2, 0.25) is 0 Å². The zero-order chi connectivity index (χ0) is 49.2. The van der Waals surface area contributed by atoms with Gasteiger partial charge in [-0.15, -0.1) is 0 Å². The Morgan fingerprint density at radius 3 is 1.27 bits per heavy atom. The van der Waals surface area contributed by atoms with Crippen LogP contribution in [0.25, 0.3) is 0 Å². The van der Waals surface area contributed by atoms with Crippen LogP contribution in [0.15, 0.2) is 122 Å². The van der Waals surface area contributed by atoms with Gasteiger partial charge in [0.25, 0.3) is 0 Å². The number of carbonyl (C=O) groups excluding carboxylic acids is 3. The molecule has 0 N–H and O–H groups in total. The fraction of sp³-hybridized carbons (Fsp3) is 0.603. The molecule has 0 rings (SSSR count). The first-order valence-corrected chi connectivity index (χ1v) is 25.7. The maximum atomic E-state index is 12.7. The van der Waals surface area contributed by atoms with Crippen LogP contribution in [0.4, 0.5) is 0 Å². The van der Waals surface area contributed by atoms with Crippen molar-refractivity contribution >= 4 is 17.9 Å². The molecule has 0 aromatic rings. The molecule has 0 aromatic heterocycles. The zero-order valence-electron chi connectivity index (χ0n) is 42.7. The van der Waals surface area contributed by atoms with Crippen molar-refractivity contribution in [1.29, 1.82) is 0 Å². The lowest BCUT2D eigenvalue weighted by molar-refractivity contribution is -0.870. The van der Waals surface area contributed by atoms with E-state index in [0.29, 0.717) is 17.4 Å². The first kappa shape index (κ1) is 62.7. The molecule has 378 valence electrons. The van der Waals surface area contributed by atoms with E-state index in [9.17, 15) is 19.5 Å². The second-order valence-corrected chi connectivity index (χ2v) is 17.7. The Balaban J connectivity index is 4.11. The van der Waals surface area contributed by atoms with E-state index in [2.05, 4.69) is 135 Å². The summed E-state index contributed by atoms with van der Waals surface area (Å²) in [6.45, 7) is 4.47. The van der Waals surface area contributed by atoms with Crippen LogP contribution in [0.5, 0.6) is 0 Å². The van der Waals surface area contributed by atoms with Crippen molar-refractivity contribution in [3.8, 4) is 0 Å². The topological polar surface area (TPSA) is 111 Å². The number of hydrogen-bond acceptors (Lipinski definition) is 8. The van der Waals surface area contributed by atoms with Gasteiger partial charge in [-0.1, -0.05) is 187 Å². The summed E-state index contributed by atoms with van der Waals surface area (Å²) in [4.78, 5) is 36.7. The summed E-state index contributed by atoms with van der Waals surface area (Å²) in [6.07, 6.45) is 64.4. The number of hydrogen-bond donors (Lipinski definition) is 0. The van der Waals surface area contributed by atoms with Gasteiger partial charge in [-0.2, -0.15) is 0 Å². The summed E-state index contributed by atoms with van der Waals surface area (Å²) >= 11 is 0. The van der Waals surface area contributed by atoms with Crippen LogP contribution in [0.2, 0.25) is 0 Å². The quantitative estimate of drug-likeness (QED) is 0.0195. The predicted octanol–water partition coefficient (Wildman–Crippen LogP) is 13.2. The first-order chi connectivity index (χ1) is 32.6. The monoisotopic (exact) mass is 932 g/mol. The average Bonchev–Trinajstić information content (AvgIpc) is 3.29. The van der Waals surface area contributed by atoms with Crippen molar-refractivity contribution in [3.05, 3.63) is 122 Å². The van der Waals surface area contributed by atoms with E-state index in [1.165, 1.54) is 0 Å². The summed E-state index contributed by atoms with van der Waals surface area (Å²) in [5, 5.41) is 11.6. The first-order valence-electron chi connectivity index (χ1n) is 25.7. The highest BCUT2D eigenvalue weighted by atomic mass is 16.7. The molecule has 9 heteroatoms. The SMILES string of the molecule is CC/C=C\C/C=C\C/C=C\C/C=C\C/C=C\C/C=C\C/C=C\C/C=C\C/C=C\C/C=C\CCCCCCCCC(=O)OC(COC(=O)CCCCCCC)COC(OCC[N+](C)(C)C)C(=O)[O-]. The lowest BCUT2D eigenvalue weighted by Crippen LogP contribution is -2.44. The smallest absolute Gasteiger partial charge is 0.306 e. The number of quaternary nitrogens is 1. The standard InChI is InChI=1S/C58H93NO8/c1-6-8-10-12-13-14-15-16-17-18-19-20-21-22-23-24-25-26-27-28-29-30-31-32-33-34-35-36-37-38-39-40-41-42-43-45-47-49-56(61)67-54(52-65-55(60)48-46-44-11-9-7-2)53-66-58(57(62)63)64-51-50-59(3,4)5/h8,10,13-14,16-17,19-20,22-23,25-26,28-29,31-32,34-35,37-38,54,58H,6-7,9,11-12,15,18,21,24,27,30,33,36,39-53H2,1-5H3/b10-8-,14-13-,17-16-,20-19-,23-22-,26-25-,29-28-,32-31-,35-34-,38-37-. The van der Waals surface area contributed by atoms with Crippen molar-refractivity contribution < 1.29 is 42.9 Å². The number of allylic oxidation sites excluding steroid dienone is 20. The van der Waals surface area contributed by atoms with Crippen LogP contribution in [0, 0.1) is 0 Å². The fourth-order valence-corrected chi connectivity index (χ4v) is 6.27. The largest absolute Gasteiger partial charge is 0.545 e. The Kier molecular flexibility index (Phi) is 45.1. The van der Waals surface area contributed by atoms with E-state index in [4.69, 9.17) is 18.9 Å². The Bertz CT molecular complexity index is 1510. The lowest BCUT2D eigenvalue weighted by atomic mass is 10.1. The van der Waals surface area contributed by atoms with Crippen LogP contribution >= 0.6 is 0 Å². The molecule has 0 aromatic carbocycles. The number of carboxylic acids is 1. The van der Waals surface area contributed by atoms with Crippen molar-refractivity contribution in [3.63, 3.8) is 0 Å². The Labute approximate surface area is 408 Å². The lowest BCUT2D eigenvalue weighted by Gasteiger charge is -2.26. The van der Waals surface area contributed by atoms with E-state index in [1.807, 2.05) is 21.1 Å². The number of rotatable bonds is 45. The second-order valence-electron chi connectivity index (χ2n) is 17.7. The molecule has 0 saturated carbocycles. The third-order valence-electron chi connectivity index (χ3n) is 10.2. The maximum Gasteiger partial charge on any atom is 0.306 e. The molecule has 0 heterocycles. The minimum absolute atomic E-state index is 0.139. The molecule has 0 radical (unpaired) electrons.